The predicted octanol–water partition coefficient (Wildman–Crippen LogP) is 12.5. The van der Waals surface area contributed by atoms with E-state index in [0.717, 1.165) is 44.4 Å². The van der Waals surface area contributed by atoms with Crippen molar-refractivity contribution in [2.24, 2.45) is 0 Å². The lowest BCUT2D eigenvalue weighted by Crippen LogP contribution is -2.19. The second-order valence-corrected chi connectivity index (χ2v) is 12.5. The van der Waals surface area contributed by atoms with E-state index in [1.54, 1.807) is 0 Å². The molecule has 1 heterocycles. The van der Waals surface area contributed by atoms with Gasteiger partial charge in [-0.15, -0.1) is 0 Å². The van der Waals surface area contributed by atoms with E-state index in [1.165, 1.54) is 39.1 Å². The fourth-order valence-electron chi connectivity index (χ4n) is 7.37. The number of furan rings is 1. The molecule has 222 valence electrons. The van der Waals surface area contributed by atoms with Gasteiger partial charge in [-0.2, -0.15) is 0 Å². The summed E-state index contributed by atoms with van der Waals surface area (Å²) in [5.41, 5.74) is 14.8. The Balaban J connectivity index is 1.36. The molecule has 1 aliphatic rings. The van der Waals surface area contributed by atoms with E-state index in [9.17, 15) is 0 Å². The van der Waals surface area contributed by atoms with Gasteiger partial charge in [0.1, 0.15) is 11.2 Å². The van der Waals surface area contributed by atoms with Crippen molar-refractivity contribution in [3.63, 3.8) is 0 Å². The van der Waals surface area contributed by atoms with E-state index in [4.69, 9.17) is 4.42 Å². The van der Waals surface area contributed by atoms with Gasteiger partial charge in [-0.1, -0.05) is 142 Å². The van der Waals surface area contributed by atoms with Crippen molar-refractivity contribution in [2.45, 2.75) is 26.2 Å². The third-order valence-corrected chi connectivity index (χ3v) is 9.63. The summed E-state index contributed by atoms with van der Waals surface area (Å²) in [7, 11) is 0. The van der Waals surface area contributed by atoms with Crippen LogP contribution in [0.2, 0.25) is 0 Å². The van der Waals surface area contributed by atoms with Crippen molar-refractivity contribution in [3.05, 3.63) is 169 Å². The lowest BCUT2D eigenvalue weighted by atomic mass is 9.82. The second-order valence-electron chi connectivity index (χ2n) is 12.5. The molecule has 8 rings (SSSR count). The number of nitrogens with zero attached hydrogens (tertiary/aromatic N) is 1. The van der Waals surface area contributed by atoms with E-state index in [0.29, 0.717) is 0 Å². The maximum atomic E-state index is 6.39. The minimum atomic E-state index is -0.124. The number of para-hydroxylation sites is 2. The zero-order valence-electron chi connectivity index (χ0n) is 26.4. The van der Waals surface area contributed by atoms with E-state index in [1.807, 2.05) is 18.2 Å². The molecule has 0 amide bonds. The summed E-state index contributed by atoms with van der Waals surface area (Å²) < 4.78 is 6.39. The highest BCUT2D eigenvalue weighted by atomic mass is 16.3. The molecule has 1 aromatic heterocycles. The molecule has 0 aliphatic heterocycles. The normalized spacial score (nSPS) is 13.5. The Labute approximate surface area is 270 Å². The lowest BCUT2D eigenvalue weighted by molar-refractivity contribution is 0.660. The van der Waals surface area contributed by atoms with Crippen LogP contribution in [0.15, 0.2) is 162 Å². The molecule has 0 spiro atoms. The van der Waals surface area contributed by atoms with Gasteiger partial charge >= 0.3 is 0 Å². The first kappa shape index (κ1) is 27.9. The highest BCUT2D eigenvalue weighted by Crippen LogP contribution is 2.56. The Kier molecular flexibility index (Phi) is 6.54. The highest BCUT2D eigenvalue weighted by molar-refractivity contribution is 6.09. The topological polar surface area (TPSA) is 16.4 Å². The Morgan fingerprint density at radius 3 is 2.09 bits per heavy atom. The number of hydrogen-bond donors (Lipinski definition) is 0. The van der Waals surface area contributed by atoms with E-state index < -0.39 is 0 Å². The Bertz CT molecular complexity index is 2300. The number of rotatable bonds is 6. The summed E-state index contributed by atoms with van der Waals surface area (Å²) in [4.78, 5) is 2.39. The maximum absolute atomic E-state index is 6.39. The highest BCUT2D eigenvalue weighted by Gasteiger charge is 2.39. The summed E-state index contributed by atoms with van der Waals surface area (Å²) in [5.74, 6) is 0. The molecular formula is C44H35NO. The average molecular weight is 594 g/mol. The predicted molar refractivity (Wildman–Crippen MR) is 195 cm³/mol. The van der Waals surface area contributed by atoms with Crippen LogP contribution in [0.3, 0.4) is 0 Å². The van der Waals surface area contributed by atoms with Gasteiger partial charge in [0.25, 0.3) is 0 Å². The quantitative estimate of drug-likeness (QED) is 0.178. The molecule has 6 aromatic carbocycles. The molecule has 1 aliphatic carbocycles. The van der Waals surface area contributed by atoms with Crippen molar-refractivity contribution in [3.8, 4) is 33.4 Å². The third-order valence-electron chi connectivity index (χ3n) is 9.63. The second kappa shape index (κ2) is 10.8. The monoisotopic (exact) mass is 593 g/mol. The van der Waals surface area contributed by atoms with Crippen molar-refractivity contribution >= 4 is 33.3 Å². The Morgan fingerprint density at radius 1 is 0.630 bits per heavy atom. The van der Waals surface area contributed by atoms with Gasteiger partial charge < -0.3 is 9.32 Å². The van der Waals surface area contributed by atoms with Crippen LogP contribution < -0.4 is 4.90 Å². The summed E-state index contributed by atoms with van der Waals surface area (Å²) in [6.45, 7) is 11.0. The summed E-state index contributed by atoms with van der Waals surface area (Å²) in [6.07, 6.45) is 4.11. The molecule has 7 aromatic rings. The Morgan fingerprint density at radius 2 is 1.30 bits per heavy atom. The number of anilines is 2. The molecule has 0 saturated carbocycles. The SMILES string of the molecule is C=C/C(=C\C)N(c1ccc(-c2cccc3c2oc2ccccc23)cc1)c1c(-c2ccccc2)ccc2c1-c1ccccc1C2(C)C. The molecule has 0 saturated heterocycles. The van der Waals surface area contributed by atoms with Crippen LogP contribution in [0.5, 0.6) is 0 Å². The Hall–Kier alpha value is -5.60. The van der Waals surface area contributed by atoms with Gasteiger partial charge in [-0.25, -0.2) is 0 Å². The standard InChI is InChI=1S/C44H35NO/c1-5-31(6-2)45(32-25-23-30(24-26-32)34-19-14-20-36-35-17-11-13-22-40(35)46-43(34)36)42-33(29-15-8-7-9-16-29)27-28-39-41(42)37-18-10-12-21-38(37)44(39,3)4/h5-28H,1H2,2-4H3/b31-6+. The van der Waals surface area contributed by atoms with Crippen LogP contribution in [0, 0.1) is 0 Å². The minimum Gasteiger partial charge on any atom is -0.455 e. The average Bonchev–Trinajstić information content (AvgIpc) is 3.60. The smallest absolute Gasteiger partial charge is 0.143 e. The zero-order valence-corrected chi connectivity index (χ0v) is 26.4. The molecule has 0 radical (unpaired) electrons. The first-order chi connectivity index (χ1) is 22.5. The number of hydrogen-bond acceptors (Lipinski definition) is 2. The number of benzene rings is 6. The van der Waals surface area contributed by atoms with Gasteiger partial charge in [0.05, 0.1) is 5.69 Å². The molecule has 0 atom stereocenters. The first-order valence-electron chi connectivity index (χ1n) is 15.9. The van der Waals surface area contributed by atoms with Crippen LogP contribution in [-0.4, -0.2) is 0 Å². The largest absolute Gasteiger partial charge is 0.455 e. The molecule has 0 N–H and O–H groups in total. The summed E-state index contributed by atoms with van der Waals surface area (Å²) in [5, 5.41) is 2.27. The van der Waals surface area contributed by atoms with Crippen LogP contribution in [0.1, 0.15) is 31.9 Å². The van der Waals surface area contributed by atoms with Crippen LogP contribution in [0.4, 0.5) is 11.4 Å². The molecule has 46 heavy (non-hydrogen) atoms. The maximum Gasteiger partial charge on any atom is 0.143 e. The van der Waals surface area contributed by atoms with E-state index >= 15 is 0 Å². The van der Waals surface area contributed by atoms with Crippen molar-refractivity contribution < 1.29 is 4.42 Å². The summed E-state index contributed by atoms with van der Waals surface area (Å²) >= 11 is 0. The van der Waals surface area contributed by atoms with Gasteiger partial charge in [-0.3, -0.25) is 0 Å². The van der Waals surface area contributed by atoms with Crippen molar-refractivity contribution in [1.82, 2.24) is 0 Å². The molecule has 0 bridgehead atoms. The van der Waals surface area contributed by atoms with E-state index in [2.05, 4.69) is 160 Å². The minimum absolute atomic E-state index is 0.124. The molecular weight excluding hydrogens is 558 g/mol. The van der Waals surface area contributed by atoms with Gasteiger partial charge in [0.15, 0.2) is 0 Å². The number of fused-ring (bicyclic) bond motifs is 6. The van der Waals surface area contributed by atoms with Crippen LogP contribution in [-0.2, 0) is 5.41 Å². The van der Waals surface area contributed by atoms with Gasteiger partial charge in [0.2, 0.25) is 0 Å². The molecule has 0 unspecified atom stereocenters. The molecule has 2 nitrogen and oxygen atoms in total. The van der Waals surface area contributed by atoms with Crippen molar-refractivity contribution in [1.29, 1.82) is 0 Å². The lowest BCUT2D eigenvalue weighted by Gasteiger charge is -2.32. The zero-order chi connectivity index (χ0) is 31.4. The van der Waals surface area contributed by atoms with Crippen molar-refractivity contribution in [2.75, 3.05) is 4.90 Å². The number of allylic oxidation sites excluding steroid dienone is 2. The van der Waals surface area contributed by atoms with E-state index in [-0.39, 0.29) is 5.41 Å². The fourth-order valence-corrected chi connectivity index (χ4v) is 7.37. The third kappa shape index (κ3) is 4.18. The molecule has 0 fully saturated rings. The molecule has 2 heteroatoms. The van der Waals surface area contributed by atoms with Gasteiger partial charge in [0, 0.05) is 44.3 Å². The first-order valence-corrected chi connectivity index (χ1v) is 15.9. The summed E-state index contributed by atoms with van der Waals surface area (Å²) in [6, 6.07) is 47.8. The van der Waals surface area contributed by atoms with Crippen LogP contribution >= 0.6 is 0 Å². The fraction of sp³-hybridized carbons (Fsp3) is 0.0909. The van der Waals surface area contributed by atoms with Crippen LogP contribution in [0.25, 0.3) is 55.3 Å². The van der Waals surface area contributed by atoms with Gasteiger partial charge in [-0.05, 0) is 59.0 Å².